The minimum atomic E-state index is -0.557. The van der Waals surface area contributed by atoms with E-state index >= 15 is 0 Å². The fourth-order valence-corrected chi connectivity index (χ4v) is 2.34. The average molecular weight is 265 g/mol. The first-order valence-corrected chi connectivity index (χ1v) is 6.08. The molecule has 0 aromatic heterocycles. The van der Waals surface area contributed by atoms with Gasteiger partial charge in [0.25, 0.3) is 0 Å². The van der Waals surface area contributed by atoms with Gasteiger partial charge in [-0.05, 0) is 6.07 Å². The molecule has 4 heteroatoms. The minimum absolute atomic E-state index is 0.0354. The van der Waals surface area contributed by atoms with Gasteiger partial charge in [0.1, 0.15) is 0 Å². The van der Waals surface area contributed by atoms with Crippen molar-refractivity contribution >= 4 is 22.8 Å². The third kappa shape index (κ3) is 1.62. The lowest BCUT2D eigenvalue weighted by Gasteiger charge is -2.18. The average Bonchev–Trinajstić information content (AvgIpc) is 2.47. The number of para-hydroxylation sites is 1. The summed E-state index contributed by atoms with van der Waals surface area (Å²) in [5.74, 6) is -1.50. The van der Waals surface area contributed by atoms with Crippen LogP contribution in [-0.2, 0) is 0 Å². The first-order chi connectivity index (χ1) is 9.61. The fourth-order valence-electron chi connectivity index (χ4n) is 2.34. The molecule has 0 aliphatic heterocycles. The number of anilines is 1. The van der Waals surface area contributed by atoms with Gasteiger partial charge in [0, 0.05) is 22.4 Å². The zero-order chi connectivity index (χ0) is 14.3. The van der Waals surface area contributed by atoms with Crippen LogP contribution >= 0.6 is 0 Å². The largest absolute Gasteiger partial charge is 0.504 e. The summed E-state index contributed by atoms with van der Waals surface area (Å²) in [7, 11) is 0. The van der Waals surface area contributed by atoms with Crippen molar-refractivity contribution in [3.63, 3.8) is 0 Å². The maximum atomic E-state index is 12.5. The molecule has 0 saturated carbocycles. The SMILES string of the molecule is Nc1ccccc1C1=C(O)C(=O)c2ccccc2C1=O. The number of fused-ring (bicyclic) bond motifs is 1. The summed E-state index contributed by atoms with van der Waals surface area (Å²) in [4.78, 5) is 24.7. The topological polar surface area (TPSA) is 80.4 Å². The molecule has 0 amide bonds. The maximum absolute atomic E-state index is 12.5. The van der Waals surface area contributed by atoms with Crippen LogP contribution in [-0.4, -0.2) is 16.7 Å². The van der Waals surface area contributed by atoms with Gasteiger partial charge in [-0.25, -0.2) is 0 Å². The van der Waals surface area contributed by atoms with E-state index in [1.165, 1.54) is 6.07 Å². The number of aliphatic hydroxyl groups is 1. The van der Waals surface area contributed by atoms with Crippen molar-refractivity contribution in [2.75, 3.05) is 5.73 Å². The molecule has 3 N–H and O–H groups in total. The number of carbonyl (C=O) groups excluding carboxylic acids is 2. The van der Waals surface area contributed by atoms with Gasteiger partial charge in [-0.1, -0.05) is 42.5 Å². The van der Waals surface area contributed by atoms with Crippen molar-refractivity contribution in [3.8, 4) is 0 Å². The van der Waals surface area contributed by atoms with Crippen molar-refractivity contribution < 1.29 is 14.7 Å². The van der Waals surface area contributed by atoms with Crippen LogP contribution in [0.3, 0.4) is 0 Å². The Morgan fingerprint density at radius 2 is 1.25 bits per heavy atom. The Kier molecular flexibility index (Phi) is 2.64. The lowest BCUT2D eigenvalue weighted by Crippen LogP contribution is -2.21. The molecule has 0 bridgehead atoms. The third-order valence-corrected chi connectivity index (χ3v) is 3.33. The molecule has 0 spiro atoms. The van der Waals surface area contributed by atoms with E-state index in [0.29, 0.717) is 11.3 Å². The summed E-state index contributed by atoms with van der Waals surface area (Å²) in [6, 6.07) is 13.1. The van der Waals surface area contributed by atoms with Gasteiger partial charge in [0.15, 0.2) is 11.5 Å². The Labute approximate surface area is 115 Å². The fraction of sp³-hybridized carbons (Fsp3) is 0. The van der Waals surface area contributed by atoms with E-state index < -0.39 is 17.3 Å². The smallest absolute Gasteiger partial charge is 0.228 e. The molecule has 4 nitrogen and oxygen atoms in total. The van der Waals surface area contributed by atoms with Crippen molar-refractivity contribution in [1.82, 2.24) is 0 Å². The highest BCUT2D eigenvalue weighted by Gasteiger charge is 2.33. The number of Topliss-reactive ketones (excluding diaryl/α,β-unsaturated/α-hetero) is 2. The van der Waals surface area contributed by atoms with Crippen LogP contribution in [0.1, 0.15) is 26.3 Å². The molecule has 0 fully saturated rings. The first-order valence-electron chi connectivity index (χ1n) is 6.08. The van der Waals surface area contributed by atoms with Crippen LogP contribution in [0.25, 0.3) is 5.57 Å². The molecule has 0 heterocycles. The lowest BCUT2D eigenvalue weighted by atomic mass is 9.84. The van der Waals surface area contributed by atoms with Gasteiger partial charge in [-0.15, -0.1) is 0 Å². The molecule has 20 heavy (non-hydrogen) atoms. The highest BCUT2D eigenvalue weighted by Crippen LogP contribution is 2.33. The quantitative estimate of drug-likeness (QED) is 0.777. The van der Waals surface area contributed by atoms with E-state index in [9.17, 15) is 14.7 Å². The number of hydrogen-bond acceptors (Lipinski definition) is 4. The summed E-state index contributed by atoms with van der Waals surface area (Å²) >= 11 is 0. The van der Waals surface area contributed by atoms with Crippen LogP contribution in [0.2, 0.25) is 0 Å². The molecule has 0 radical (unpaired) electrons. The van der Waals surface area contributed by atoms with Gasteiger partial charge in [-0.3, -0.25) is 9.59 Å². The summed E-state index contributed by atoms with van der Waals surface area (Å²) < 4.78 is 0. The van der Waals surface area contributed by atoms with E-state index in [-0.39, 0.29) is 16.7 Å². The molecule has 2 aromatic rings. The first kappa shape index (κ1) is 12.2. The lowest BCUT2D eigenvalue weighted by molar-refractivity contribution is 0.0947. The molecular weight excluding hydrogens is 254 g/mol. The number of benzene rings is 2. The molecule has 0 atom stereocenters. The highest BCUT2D eigenvalue weighted by molar-refractivity contribution is 6.40. The number of rotatable bonds is 1. The van der Waals surface area contributed by atoms with E-state index in [1.54, 1.807) is 42.5 Å². The van der Waals surface area contributed by atoms with Gasteiger partial charge >= 0.3 is 0 Å². The zero-order valence-corrected chi connectivity index (χ0v) is 10.5. The maximum Gasteiger partial charge on any atom is 0.228 e. The Morgan fingerprint density at radius 1 is 0.750 bits per heavy atom. The highest BCUT2D eigenvalue weighted by atomic mass is 16.3. The molecule has 1 aliphatic rings. The molecule has 0 unspecified atom stereocenters. The summed E-state index contributed by atoms with van der Waals surface area (Å²) in [5.41, 5.74) is 7.01. The number of ketones is 2. The number of carbonyl (C=O) groups is 2. The molecule has 0 saturated heterocycles. The van der Waals surface area contributed by atoms with Gasteiger partial charge < -0.3 is 10.8 Å². The van der Waals surface area contributed by atoms with Gasteiger partial charge in [-0.2, -0.15) is 0 Å². The van der Waals surface area contributed by atoms with Crippen molar-refractivity contribution in [2.45, 2.75) is 0 Å². The van der Waals surface area contributed by atoms with Crippen LogP contribution in [0.5, 0.6) is 0 Å². The number of hydrogen-bond donors (Lipinski definition) is 2. The van der Waals surface area contributed by atoms with Gasteiger partial charge in [0.2, 0.25) is 5.78 Å². The molecule has 2 aromatic carbocycles. The second-order valence-electron chi connectivity index (χ2n) is 4.51. The van der Waals surface area contributed by atoms with E-state index in [1.807, 2.05) is 0 Å². The monoisotopic (exact) mass is 265 g/mol. The predicted molar refractivity (Wildman–Crippen MR) is 75.5 cm³/mol. The Balaban J connectivity index is 2.28. The Bertz CT molecular complexity index is 775. The van der Waals surface area contributed by atoms with E-state index in [0.717, 1.165) is 0 Å². The van der Waals surface area contributed by atoms with Crippen LogP contribution in [0.4, 0.5) is 5.69 Å². The van der Waals surface area contributed by atoms with Gasteiger partial charge in [0.05, 0.1) is 5.57 Å². The number of aliphatic hydroxyl groups excluding tert-OH is 1. The standard InChI is InChI=1S/C16H11NO3/c17-12-8-4-3-7-11(12)13-14(18)9-5-1-2-6-10(9)15(19)16(13)20/h1-8,20H,17H2. The van der Waals surface area contributed by atoms with E-state index in [4.69, 9.17) is 5.73 Å². The summed E-state index contributed by atoms with van der Waals surface area (Å²) in [6.45, 7) is 0. The molecule has 98 valence electrons. The second kappa shape index (κ2) is 4.35. The normalized spacial score (nSPS) is 14.4. The summed E-state index contributed by atoms with van der Waals surface area (Å²) in [6.07, 6.45) is 0. The predicted octanol–water partition coefficient (Wildman–Crippen LogP) is 2.62. The van der Waals surface area contributed by atoms with Crippen LogP contribution < -0.4 is 5.73 Å². The van der Waals surface area contributed by atoms with Crippen LogP contribution in [0, 0.1) is 0 Å². The molecule has 3 rings (SSSR count). The third-order valence-electron chi connectivity index (χ3n) is 3.33. The van der Waals surface area contributed by atoms with Crippen LogP contribution in [0.15, 0.2) is 54.3 Å². The van der Waals surface area contributed by atoms with Crippen molar-refractivity contribution in [1.29, 1.82) is 0 Å². The molecule has 1 aliphatic carbocycles. The number of allylic oxidation sites excluding steroid dienone is 2. The van der Waals surface area contributed by atoms with Crippen molar-refractivity contribution in [3.05, 3.63) is 71.0 Å². The summed E-state index contributed by atoms with van der Waals surface area (Å²) in [5, 5.41) is 10.1. The Morgan fingerprint density at radius 3 is 1.85 bits per heavy atom. The molecular formula is C16H11NO3. The number of nitrogens with two attached hydrogens (primary N) is 1. The zero-order valence-electron chi connectivity index (χ0n) is 10.5. The Hall–Kier alpha value is -2.88. The minimum Gasteiger partial charge on any atom is -0.504 e. The number of nitrogen functional groups attached to an aromatic ring is 1. The van der Waals surface area contributed by atoms with Crippen molar-refractivity contribution in [2.24, 2.45) is 0 Å². The van der Waals surface area contributed by atoms with E-state index in [2.05, 4.69) is 0 Å². The second-order valence-corrected chi connectivity index (χ2v) is 4.51.